The number of rotatable bonds is 4. The number of halogens is 3. The highest BCUT2D eigenvalue weighted by atomic mass is 35.5. The van der Waals surface area contributed by atoms with Gasteiger partial charge in [-0.2, -0.15) is 0 Å². The molecule has 1 fully saturated rings. The molecule has 19 heavy (non-hydrogen) atoms. The average molecular weight is 329 g/mol. The highest BCUT2D eigenvalue weighted by molar-refractivity contribution is 7.88. The Labute approximate surface area is 123 Å². The third-order valence-electron chi connectivity index (χ3n) is 2.86. The summed E-state index contributed by atoms with van der Waals surface area (Å²) < 4.78 is 39.1. The number of nitrogens with two attached hydrogens (primary N) is 1. The molecule has 2 rings (SSSR count). The molecule has 1 aliphatic carbocycles. The molecule has 0 unspecified atom stereocenters. The van der Waals surface area contributed by atoms with Gasteiger partial charge in [0.1, 0.15) is 5.82 Å². The maximum atomic E-state index is 12.9. The molecular formula is C11H15Cl2FN2O2S. The normalized spacial score (nSPS) is 22.5. The standard InChI is InChI=1S/C11H14ClFN2O2S.ClH/c12-10-3-7(1-2-11(10)13)6-18(16,17)15-9-4-8(14)5-9;/h1-3,8-9,15H,4-6,14H2;1H. The van der Waals surface area contributed by atoms with E-state index in [1.165, 1.54) is 12.1 Å². The molecule has 0 aliphatic heterocycles. The highest BCUT2D eigenvalue weighted by Crippen LogP contribution is 2.20. The summed E-state index contributed by atoms with van der Waals surface area (Å²) in [6, 6.07) is 3.89. The van der Waals surface area contributed by atoms with Gasteiger partial charge in [-0.05, 0) is 30.5 Å². The van der Waals surface area contributed by atoms with Gasteiger partial charge < -0.3 is 5.73 Å². The number of sulfonamides is 1. The lowest BCUT2D eigenvalue weighted by atomic mass is 9.89. The largest absolute Gasteiger partial charge is 0.328 e. The first-order chi connectivity index (χ1) is 8.35. The third kappa shape index (κ3) is 4.57. The molecule has 0 amide bonds. The molecule has 1 aliphatic rings. The second-order valence-corrected chi connectivity index (χ2v) is 6.71. The van der Waals surface area contributed by atoms with Crippen LogP contribution in [0, 0.1) is 5.82 Å². The Kier molecular flexibility index (Phi) is 5.58. The summed E-state index contributed by atoms with van der Waals surface area (Å²) >= 11 is 5.60. The van der Waals surface area contributed by atoms with Gasteiger partial charge in [-0.1, -0.05) is 17.7 Å². The van der Waals surface area contributed by atoms with Gasteiger partial charge in [0, 0.05) is 12.1 Å². The predicted octanol–water partition coefficient (Wildman–Crippen LogP) is 1.81. The minimum absolute atomic E-state index is 0. The quantitative estimate of drug-likeness (QED) is 0.885. The van der Waals surface area contributed by atoms with Gasteiger partial charge in [-0.15, -0.1) is 12.4 Å². The van der Waals surface area contributed by atoms with Crippen LogP contribution in [0.2, 0.25) is 5.02 Å². The van der Waals surface area contributed by atoms with Crippen molar-refractivity contribution in [2.75, 3.05) is 0 Å². The number of benzene rings is 1. The van der Waals surface area contributed by atoms with Gasteiger partial charge >= 0.3 is 0 Å². The van der Waals surface area contributed by atoms with E-state index in [4.69, 9.17) is 17.3 Å². The Morgan fingerprint density at radius 3 is 2.58 bits per heavy atom. The van der Waals surface area contributed by atoms with Crippen molar-refractivity contribution in [3.63, 3.8) is 0 Å². The molecule has 0 spiro atoms. The van der Waals surface area contributed by atoms with Crippen molar-refractivity contribution in [2.45, 2.75) is 30.7 Å². The Morgan fingerprint density at radius 1 is 1.42 bits per heavy atom. The maximum absolute atomic E-state index is 12.9. The lowest BCUT2D eigenvalue weighted by Gasteiger charge is -2.32. The SMILES string of the molecule is Cl.NC1CC(NS(=O)(=O)Cc2ccc(F)c(Cl)c2)C1. The minimum atomic E-state index is -3.43. The van der Waals surface area contributed by atoms with Crippen LogP contribution in [0.1, 0.15) is 18.4 Å². The average Bonchev–Trinajstić information content (AvgIpc) is 2.20. The molecule has 0 atom stereocenters. The van der Waals surface area contributed by atoms with E-state index in [-0.39, 0.29) is 35.3 Å². The van der Waals surface area contributed by atoms with Crippen molar-refractivity contribution >= 4 is 34.0 Å². The summed E-state index contributed by atoms with van der Waals surface area (Å²) in [6.45, 7) is 0. The monoisotopic (exact) mass is 328 g/mol. The van der Waals surface area contributed by atoms with E-state index in [2.05, 4.69) is 4.72 Å². The molecular weight excluding hydrogens is 314 g/mol. The van der Waals surface area contributed by atoms with E-state index in [1.807, 2.05) is 0 Å². The summed E-state index contributed by atoms with van der Waals surface area (Å²) in [5.41, 5.74) is 6.04. The van der Waals surface area contributed by atoms with E-state index >= 15 is 0 Å². The third-order valence-corrected chi connectivity index (χ3v) is 4.56. The first kappa shape index (κ1) is 16.7. The van der Waals surface area contributed by atoms with Crippen LogP contribution in [0.15, 0.2) is 18.2 Å². The summed E-state index contributed by atoms with van der Waals surface area (Å²) in [5, 5.41) is -0.0756. The van der Waals surface area contributed by atoms with Gasteiger partial charge in [-0.3, -0.25) is 0 Å². The van der Waals surface area contributed by atoms with E-state index in [9.17, 15) is 12.8 Å². The van der Waals surface area contributed by atoms with Crippen molar-refractivity contribution < 1.29 is 12.8 Å². The van der Waals surface area contributed by atoms with Crippen LogP contribution in [0.4, 0.5) is 4.39 Å². The van der Waals surface area contributed by atoms with E-state index < -0.39 is 15.8 Å². The molecule has 1 saturated carbocycles. The second kappa shape index (κ2) is 6.37. The molecule has 108 valence electrons. The maximum Gasteiger partial charge on any atom is 0.216 e. The zero-order chi connectivity index (χ0) is 13.3. The molecule has 1 aromatic carbocycles. The summed E-state index contributed by atoms with van der Waals surface area (Å²) in [4.78, 5) is 0. The molecule has 0 radical (unpaired) electrons. The minimum Gasteiger partial charge on any atom is -0.328 e. The lowest BCUT2D eigenvalue weighted by Crippen LogP contribution is -2.50. The molecule has 4 nitrogen and oxygen atoms in total. The number of hydrogen-bond acceptors (Lipinski definition) is 3. The number of hydrogen-bond donors (Lipinski definition) is 2. The Bertz CT molecular complexity index is 548. The van der Waals surface area contributed by atoms with Gasteiger partial charge in [0.05, 0.1) is 10.8 Å². The second-order valence-electron chi connectivity index (χ2n) is 4.55. The first-order valence-electron chi connectivity index (χ1n) is 5.55. The molecule has 0 heterocycles. The highest BCUT2D eigenvalue weighted by Gasteiger charge is 2.29. The molecule has 0 saturated heterocycles. The Balaban J connectivity index is 0.00000180. The molecule has 1 aromatic rings. The molecule has 8 heteroatoms. The predicted molar refractivity (Wildman–Crippen MR) is 75.4 cm³/mol. The molecule has 0 bridgehead atoms. The van der Waals surface area contributed by atoms with E-state index in [0.717, 1.165) is 6.07 Å². The van der Waals surface area contributed by atoms with Gasteiger partial charge in [0.2, 0.25) is 10.0 Å². The van der Waals surface area contributed by atoms with Crippen molar-refractivity contribution in [1.29, 1.82) is 0 Å². The van der Waals surface area contributed by atoms with Crippen LogP contribution in [-0.2, 0) is 15.8 Å². The fourth-order valence-corrected chi connectivity index (χ4v) is 3.51. The van der Waals surface area contributed by atoms with Crippen molar-refractivity contribution in [1.82, 2.24) is 4.72 Å². The van der Waals surface area contributed by atoms with Crippen molar-refractivity contribution in [2.24, 2.45) is 5.73 Å². The molecule has 3 N–H and O–H groups in total. The van der Waals surface area contributed by atoms with Crippen molar-refractivity contribution in [3.8, 4) is 0 Å². The summed E-state index contributed by atoms with van der Waals surface area (Å²) in [5.74, 6) is -0.769. The van der Waals surface area contributed by atoms with Crippen LogP contribution in [0.25, 0.3) is 0 Å². The fourth-order valence-electron chi connectivity index (χ4n) is 1.90. The van der Waals surface area contributed by atoms with Gasteiger partial charge in [-0.25, -0.2) is 17.5 Å². The van der Waals surface area contributed by atoms with Crippen LogP contribution in [0.3, 0.4) is 0 Å². The fraction of sp³-hybridized carbons (Fsp3) is 0.455. The van der Waals surface area contributed by atoms with Gasteiger partial charge in [0.15, 0.2) is 0 Å². The Hall–Kier alpha value is -0.400. The zero-order valence-corrected chi connectivity index (χ0v) is 12.4. The first-order valence-corrected chi connectivity index (χ1v) is 7.58. The molecule has 0 aromatic heterocycles. The summed E-state index contributed by atoms with van der Waals surface area (Å²) in [7, 11) is -3.43. The summed E-state index contributed by atoms with van der Waals surface area (Å²) in [6.07, 6.45) is 1.31. The van der Waals surface area contributed by atoms with E-state index in [1.54, 1.807) is 0 Å². The van der Waals surface area contributed by atoms with Crippen LogP contribution in [0.5, 0.6) is 0 Å². The van der Waals surface area contributed by atoms with Crippen LogP contribution < -0.4 is 10.5 Å². The smallest absolute Gasteiger partial charge is 0.216 e. The van der Waals surface area contributed by atoms with Gasteiger partial charge in [0.25, 0.3) is 0 Å². The van der Waals surface area contributed by atoms with Crippen molar-refractivity contribution in [3.05, 3.63) is 34.6 Å². The number of nitrogens with one attached hydrogen (secondary N) is 1. The van der Waals surface area contributed by atoms with Crippen LogP contribution >= 0.6 is 24.0 Å². The zero-order valence-electron chi connectivity index (χ0n) is 9.97. The van der Waals surface area contributed by atoms with Crippen LogP contribution in [-0.4, -0.2) is 20.5 Å². The topological polar surface area (TPSA) is 72.2 Å². The van der Waals surface area contributed by atoms with E-state index in [0.29, 0.717) is 18.4 Å². The Morgan fingerprint density at radius 2 is 2.05 bits per heavy atom. The lowest BCUT2D eigenvalue weighted by molar-refractivity contribution is 0.327.